The van der Waals surface area contributed by atoms with Crippen LogP contribution in [0.15, 0.2) is 70.5 Å². The topological polar surface area (TPSA) is 120 Å². The van der Waals surface area contributed by atoms with Crippen LogP contribution < -0.4 is 10.3 Å². The van der Waals surface area contributed by atoms with E-state index in [9.17, 15) is 29.1 Å². The summed E-state index contributed by atoms with van der Waals surface area (Å²) in [5.41, 5.74) is 0.571. The van der Waals surface area contributed by atoms with Crippen molar-refractivity contribution < 1.29 is 28.7 Å². The number of piperazine rings is 1. The quantitative estimate of drug-likeness (QED) is 0.248. The predicted octanol–water partition coefficient (Wildman–Crippen LogP) is 5.49. The van der Waals surface area contributed by atoms with Gasteiger partial charge in [-0.3, -0.25) is 24.1 Å². The Labute approximate surface area is 273 Å². The Hall–Kier alpha value is -4.97. The third-order valence-corrected chi connectivity index (χ3v) is 9.91. The van der Waals surface area contributed by atoms with Crippen LogP contribution in [0.4, 0.5) is 14.9 Å². The van der Waals surface area contributed by atoms with Gasteiger partial charge in [-0.25, -0.2) is 9.18 Å². The zero-order chi connectivity index (χ0) is 32.8. The summed E-state index contributed by atoms with van der Waals surface area (Å²) < 4.78 is 17.1. The first kappa shape index (κ1) is 30.7. The van der Waals surface area contributed by atoms with E-state index in [0.29, 0.717) is 48.7 Å². The van der Waals surface area contributed by atoms with E-state index in [1.807, 2.05) is 47.4 Å². The summed E-state index contributed by atoms with van der Waals surface area (Å²) >= 11 is 0.902. The van der Waals surface area contributed by atoms with Crippen molar-refractivity contribution in [2.45, 2.75) is 31.7 Å². The molecule has 0 spiro atoms. The number of rotatable bonds is 8. The number of carboxylic acid groups (broad SMARTS) is 1. The number of fused-ring (bicyclic) bond motifs is 2. The van der Waals surface area contributed by atoms with Crippen molar-refractivity contribution in [1.29, 1.82) is 0 Å². The molecule has 0 atom stereocenters. The number of hydrogen-bond acceptors (Lipinski definition) is 7. The van der Waals surface area contributed by atoms with Crippen LogP contribution >= 0.6 is 11.8 Å². The number of amides is 3. The molecule has 1 N–H and O–H groups in total. The Kier molecular flexibility index (Phi) is 8.04. The summed E-state index contributed by atoms with van der Waals surface area (Å²) in [5, 5.41) is 11.2. The van der Waals surface area contributed by atoms with E-state index in [0.717, 1.165) is 47.0 Å². The number of aromatic nitrogens is 1. The molecule has 3 aromatic carbocycles. The van der Waals surface area contributed by atoms with Crippen LogP contribution in [0.2, 0.25) is 0 Å². The van der Waals surface area contributed by atoms with Gasteiger partial charge in [0, 0.05) is 56.8 Å². The Morgan fingerprint density at radius 2 is 1.70 bits per heavy atom. The van der Waals surface area contributed by atoms with E-state index < -0.39 is 17.2 Å². The SMILES string of the molecule is O=C(O)c1cn(C2CC2)c2cc(N3CCN(C(=O)CCCN4C(=O)S/C(=C/c5cccc6ccccc56)C4=O)CC3)c(F)cc2c1=O. The second-order valence-electron chi connectivity index (χ2n) is 12.0. The molecule has 0 unspecified atom stereocenters. The fourth-order valence-electron chi connectivity index (χ4n) is 6.36. The van der Waals surface area contributed by atoms with Crippen LogP contribution in [-0.2, 0) is 9.59 Å². The zero-order valence-corrected chi connectivity index (χ0v) is 26.2. The standard InChI is InChI=1S/C35H31FN4O6S/c36-27-18-25-28(40(23-10-11-23)20-26(32(25)42)34(44)45)19-29(27)37-13-15-38(16-14-37)31(41)9-4-12-39-33(43)30(47-35(39)46)17-22-7-3-6-21-5-1-2-8-24(21)22/h1-3,5-8,17-20,23H,4,9-16H2,(H,44,45)/b30-17+. The molecule has 3 aliphatic rings. The minimum Gasteiger partial charge on any atom is -0.477 e. The molecule has 3 heterocycles. The number of anilines is 1. The molecule has 10 nitrogen and oxygen atoms in total. The molecule has 2 saturated heterocycles. The van der Waals surface area contributed by atoms with Crippen molar-refractivity contribution in [2.75, 3.05) is 37.6 Å². The van der Waals surface area contributed by atoms with Crippen LogP contribution in [0.1, 0.15) is 47.6 Å². The van der Waals surface area contributed by atoms with Gasteiger partial charge in [-0.2, -0.15) is 0 Å². The highest BCUT2D eigenvalue weighted by molar-refractivity contribution is 8.18. The highest BCUT2D eigenvalue weighted by Crippen LogP contribution is 2.38. The minimum atomic E-state index is -1.34. The fourth-order valence-corrected chi connectivity index (χ4v) is 7.22. The van der Waals surface area contributed by atoms with Crippen molar-refractivity contribution in [3.8, 4) is 0 Å². The predicted molar refractivity (Wildman–Crippen MR) is 178 cm³/mol. The normalized spacial score (nSPS) is 17.8. The molecule has 1 aromatic heterocycles. The number of nitrogens with zero attached hydrogens (tertiary/aromatic N) is 4. The van der Waals surface area contributed by atoms with Gasteiger partial charge >= 0.3 is 5.97 Å². The van der Waals surface area contributed by atoms with Gasteiger partial charge in [-0.05, 0) is 65.6 Å². The summed E-state index contributed by atoms with van der Waals surface area (Å²) in [7, 11) is 0. The number of imide groups is 1. The Morgan fingerprint density at radius 1 is 0.957 bits per heavy atom. The molecule has 3 amide bonds. The summed E-state index contributed by atoms with van der Waals surface area (Å²) in [6.45, 7) is 1.60. The van der Waals surface area contributed by atoms with E-state index >= 15 is 4.39 Å². The highest BCUT2D eigenvalue weighted by atomic mass is 32.2. The van der Waals surface area contributed by atoms with E-state index in [4.69, 9.17) is 0 Å². The number of pyridine rings is 1. The Bertz CT molecular complexity index is 2060. The molecular weight excluding hydrogens is 623 g/mol. The lowest BCUT2D eigenvalue weighted by Crippen LogP contribution is -2.49. The third-order valence-electron chi connectivity index (χ3n) is 9.00. The molecule has 0 radical (unpaired) electrons. The third kappa shape index (κ3) is 5.89. The number of carbonyl (C=O) groups excluding carboxylic acids is 3. The Morgan fingerprint density at radius 3 is 2.45 bits per heavy atom. The smallest absolute Gasteiger partial charge is 0.341 e. The lowest BCUT2D eigenvalue weighted by atomic mass is 10.0. The molecule has 3 fully saturated rings. The second-order valence-corrected chi connectivity index (χ2v) is 13.0. The van der Waals surface area contributed by atoms with E-state index in [2.05, 4.69) is 0 Å². The molecule has 240 valence electrons. The van der Waals surface area contributed by atoms with Gasteiger partial charge in [0.2, 0.25) is 11.3 Å². The maximum atomic E-state index is 15.3. The number of hydrogen-bond donors (Lipinski definition) is 1. The maximum Gasteiger partial charge on any atom is 0.341 e. The first-order chi connectivity index (χ1) is 22.7. The molecule has 12 heteroatoms. The summed E-state index contributed by atoms with van der Waals surface area (Å²) in [6.07, 6.45) is 5.30. The maximum absolute atomic E-state index is 15.3. The monoisotopic (exact) mass is 654 g/mol. The summed E-state index contributed by atoms with van der Waals surface area (Å²) in [5.74, 6) is -2.43. The number of benzene rings is 3. The van der Waals surface area contributed by atoms with Crippen molar-refractivity contribution in [3.63, 3.8) is 0 Å². The largest absolute Gasteiger partial charge is 0.477 e. The van der Waals surface area contributed by atoms with E-state index in [1.54, 1.807) is 21.6 Å². The highest BCUT2D eigenvalue weighted by Gasteiger charge is 2.35. The van der Waals surface area contributed by atoms with Gasteiger partial charge in [0.1, 0.15) is 11.4 Å². The lowest BCUT2D eigenvalue weighted by Gasteiger charge is -2.36. The molecule has 4 aromatic rings. The number of halogens is 1. The van der Waals surface area contributed by atoms with Crippen LogP contribution in [-0.4, -0.2) is 75.2 Å². The first-order valence-electron chi connectivity index (χ1n) is 15.6. The molecule has 47 heavy (non-hydrogen) atoms. The zero-order valence-electron chi connectivity index (χ0n) is 25.4. The van der Waals surface area contributed by atoms with Crippen molar-refractivity contribution in [3.05, 3.63) is 92.9 Å². The van der Waals surface area contributed by atoms with Gasteiger partial charge in [0.15, 0.2) is 0 Å². The van der Waals surface area contributed by atoms with E-state index in [-0.39, 0.29) is 47.0 Å². The number of thioether (sulfide) groups is 1. The van der Waals surface area contributed by atoms with Gasteiger partial charge in [-0.15, -0.1) is 0 Å². The minimum absolute atomic E-state index is 0.0383. The van der Waals surface area contributed by atoms with Crippen LogP contribution in [0.3, 0.4) is 0 Å². The number of carbonyl (C=O) groups is 4. The van der Waals surface area contributed by atoms with Crippen molar-refractivity contribution in [2.24, 2.45) is 0 Å². The number of aromatic carboxylic acids is 1. The van der Waals surface area contributed by atoms with Gasteiger partial charge < -0.3 is 19.5 Å². The first-order valence-corrected chi connectivity index (χ1v) is 16.4. The van der Waals surface area contributed by atoms with Gasteiger partial charge in [0.25, 0.3) is 11.1 Å². The van der Waals surface area contributed by atoms with Crippen LogP contribution in [0.25, 0.3) is 27.8 Å². The van der Waals surface area contributed by atoms with Crippen LogP contribution in [0, 0.1) is 5.82 Å². The second kappa shape index (κ2) is 12.3. The van der Waals surface area contributed by atoms with Gasteiger partial charge in [-0.1, -0.05) is 42.5 Å². The van der Waals surface area contributed by atoms with Crippen molar-refractivity contribution in [1.82, 2.24) is 14.4 Å². The lowest BCUT2D eigenvalue weighted by molar-refractivity contribution is -0.132. The summed E-state index contributed by atoms with van der Waals surface area (Å²) in [6, 6.07) is 16.5. The van der Waals surface area contributed by atoms with E-state index in [1.165, 1.54) is 11.1 Å². The molecule has 2 aliphatic heterocycles. The molecule has 7 rings (SSSR count). The molecule has 1 saturated carbocycles. The summed E-state index contributed by atoms with van der Waals surface area (Å²) in [4.78, 5) is 68.3. The average Bonchev–Trinajstić information content (AvgIpc) is 3.88. The number of carboxylic acids is 1. The average molecular weight is 655 g/mol. The molecule has 0 bridgehead atoms. The molecule has 1 aliphatic carbocycles. The van der Waals surface area contributed by atoms with Crippen LogP contribution in [0.5, 0.6) is 0 Å². The van der Waals surface area contributed by atoms with Gasteiger partial charge in [0.05, 0.1) is 16.1 Å². The molecular formula is C35H31FN4O6S. The fraction of sp³-hybridized carbons (Fsp3) is 0.286. The Balaban J connectivity index is 0.967. The van der Waals surface area contributed by atoms with Crippen molar-refractivity contribution >= 4 is 68.2 Å².